The monoisotopic (exact) mass is 314 g/mol. The molecule has 1 aliphatic rings. The summed E-state index contributed by atoms with van der Waals surface area (Å²) in [6, 6.07) is 4.24. The first-order valence-corrected chi connectivity index (χ1v) is 7.97. The summed E-state index contributed by atoms with van der Waals surface area (Å²) in [6.07, 6.45) is 8.90. The van der Waals surface area contributed by atoms with E-state index < -0.39 is 0 Å². The van der Waals surface area contributed by atoms with Gasteiger partial charge in [-0.3, -0.25) is 4.57 Å². The third kappa shape index (κ3) is 3.92. The van der Waals surface area contributed by atoms with Crippen molar-refractivity contribution in [1.82, 2.24) is 24.4 Å². The van der Waals surface area contributed by atoms with Crippen LogP contribution in [0.25, 0.3) is 0 Å². The lowest BCUT2D eigenvalue weighted by Crippen LogP contribution is -2.45. The molecule has 0 saturated carbocycles. The molecule has 7 heteroatoms. The zero-order valence-electron chi connectivity index (χ0n) is 13.4. The first-order valence-electron chi connectivity index (χ1n) is 7.97. The van der Waals surface area contributed by atoms with Crippen LogP contribution in [0.5, 0.6) is 0 Å². The lowest BCUT2D eigenvalue weighted by molar-refractivity contribution is 0.203. The highest BCUT2D eigenvalue weighted by molar-refractivity contribution is 5.36. The number of aromatic nitrogens is 4. The summed E-state index contributed by atoms with van der Waals surface area (Å²) in [5.41, 5.74) is -0.175. The third-order valence-corrected chi connectivity index (χ3v) is 4.47. The van der Waals surface area contributed by atoms with Gasteiger partial charge in [-0.25, -0.2) is 19.7 Å². The van der Waals surface area contributed by atoms with Gasteiger partial charge in [0.1, 0.15) is 12.1 Å². The Morgan fingerprint density at radius 2 is 2.04 bits per heavy atom. The van der Waals surface area contributed by atoms with Crippen LogP contribution in [0.15, 0.2) is 41.8 Å². The molecule has 3 rings (SSSR count). The lowest BCUT2D eigenvalue weighted by atomic mass is 10.0. The highest BCUT2D eigenvalue weighted by Crippen LogP contribution is 2.19. The van der Waals surface area contributed by atoms with Crippen LogP contribution in [0.1, 0.15) is 12.8 Å². The van der Waals surface area contributed by atoms with Gasteiger partial charge in [0.25, 0.3) is 0 Å². The zero-order chi connectivity index (χ0) is 16.1. The Balaban J connectivity index is 1.49. The summed E-state index contributed by atoms with van der Waals surface area (Å²) in [7, 11) is 2.10. The number of piperidine rings is 1. The van der Waals surface area contributed by atoms with Crippen LogP contribution >= 0.6 is 0 Å². The van der Waals surface area contributed by atoms with Crippen molar-refractivity contribution in [2.75, 3.05) is 31.6 Å². The van der Waals surface area contributed by atoms with E-state index in [2.05, 4.69) is 31.8 Å². The Labute approximate surface area is 135 Å². The Bertz CT molecular complexity index is 666. The van der Waals surface area contributed by atoms with Gasteiger partial charge in [-0.05, 0) is 25.0 Å². The molecule has 0 aliphatic carbocycles. The molecule has 0 bridgehead atoms. The van der Waals surface area contributed by atoms with E-state index in [1.165, 1.54) is 6.20 Å². The first-order chi connectivity index (χ1) is 11.2. The van der Waals surface area contributed by atoms with E-state index in [1.807, 2.05) is 6.07 Å². The van der Waals surface area contributed by atoms with Crippen LogP contribution in [-0.2, 0) is 6.54 Å². The predicted molar refractivity (Wildman–Crippen MR) is 88.4 cm³/mol. The van der Waals surface area contributed by atoms with Crippen LogP contribution in [0.2, 0.25) is 0 Å². The predicted octanol–water partition coefficient (Wildman–Crippen LogP) is 0.634. The minimum Gasteiger partial charge on any atom is -0.356 e. The SMILES string of the molecule is CN(c1ccncn1)C1CCN(CCn2cccnc2=O)CC1. The van der Waals surface area contributed by atoms with Gasteiger partial charge < -0.3 is 9.80 Å². The molecule has 1 saturated heterocycles. The average molecular weight is 314 g/mol. The van der Waals surface area contributed by atoms with Crippen molar-refractivity contribution < 1.29 is 0 Å². The second-order valence-corrected chi connectivity index (χ2v) is 5.85. The molecule has 3 heterocycles. The molecule has 7 nitrogen and oxygen atoms in total. The van der Waals surface area contributed by atoms with Crippen LogP contribution in [0.3, 0.4) is 0 Å². The molecule has 0 amide bonds. The molecule has 122 valence electrons. The van der Waals surface area contributed by atoms with Crippen LogP contribution < -0.4 is 10.6 Å². The van der Waals surface area contributed by atoms with Gasteiger partial charge in [-0.15, -0.1) is 0 Å². The van der Waals surface area contributed by atoms with Crippen molar-refractivity contribution in [3.8, 4) is 0 Å². The number of hydrogen-bond acceptors (Lipinski definition) is 6. The van der Waals surface area contributed by atoms with E-state index in [1.54, 1.807) is 29.4 Å². The fourth-order valence-corrected chi connectivity index (χ4v) is 3.02. The van der Waals surface area contributed by atoms with Crippen molar-refractivity contribution >= 4 is 5.82 Å². The Hall–Kier alpha value is -2.28. The van der Waals surface area contributed by atoms with E-state index >= 15 is 0 Å². The van der Waals surface area contributed by atoms with Crippen molar-refractivity contribution in [2.24, 2.45) is 0 Å². The maximum Gasteiger partial charge on any atom is 0.347 e. The minimum absolute atomic E-state index is 0.175. The van der Waals surface area contributed by atoms with Crippen molar-refractivity contribution in [2.45, 2.75) is 25.4 Å². The molecule has 2 aromatic heterocycles. The van der Waals surface area contributed by atoms with Gasteiger partial charge >= 0.3 is 5.69 Å². The van der Waals surface area contributed by atoms with Gasteiger partial charge in [-0.1, -0.05) is 0 Å². The number of likely N-dealkylation sites (tertiary alicyclic amines) is 1. The highest BCUT2D eigenvalue weighted by Gasteiger charge is 2.23. The maximum absolute atomic E-state index is 11.6. The largest absolute Gasteiger partial charge is 0.356 e. The standard InChI is InChI=1S/C16H22N6O/c1-20(15-3-7-17-13-19-15)14-4-9-21(10-5-14)11-12-22-8-2-6-18-16(22)23/h2-3,6-8,13-14H,4-5,9-12H2,1H3. The fraction of sp³-hybridized carbons (Fsp3) is 0.500. The van der Waals surface area contributed by atoms with Gasteiger partial charge in [0, 0.05) is 57.9 Å². The first kappa shape index (κ1) is 15.6. The quantitative estimate of drug-likeness (QED) is 0.806. The van der Waals surface area contributed by atoms with Crippen LogP contribution in [0.4, 0.5) is 5.82 Å². The maximum atomic E-state index is 11.6. The van der Waals surface area contributed by atoms with E-state index in [-0.39, 0.29) is 5.69 Å². The van der Waals surface area contributed by atoms with Gasteiger partial charge in [0.15, 0.2) is 0 Å². The molecule has 0 atom stereocenters. The molecule has 0 spiro atoms. The van der Waals surface area contributed by atoms with E-state index in [4.69, 9.17) is 0 Å². The number of nitrogens with zero attached hydrogens (tertiary/aromatic N) is 6. The molecule has 0 unspecified atom stereocenters. The molecule has 0 N–H and O–H groups in total. The van der Waals surface area contributed by atoms with Crippen molar-refractivity contribution in [1.29, 1.82) is 0 Å². The summed E-state index contributed by atoms with van der Waals surface area (Å²) < 4.78 is 1.67. The topological polar surface area (TPSA) is 67.2 Å². The summed E-state index contributed by atoms with van der Waals surface area (Å²) in [6.45, 7) is 3.65. The van der Waals surface area contributed by atoms with E-state index in [0.717, 1.165) is 38.3 Å². The lowest BCUT2D eigenvalue weighted by Gasteiger charge is -2.37. The minimum atomic E-state index is -0.175. The molecular weight excluding hydrogens is 292 g/mol. The third-order valence-electron chi connectivity index (χ3n) is 4.47. The molecule has 1 fully saturated rings. The highest BCUT2D eigenvalue weighted by atomic mass is 16.1. The second kappa shape index (κ2) is 7.32. The van der Waals surface area contributed by atoms with Crippen LogP contribution in [0, 0.1) is 0 Å². The summed E-state index contributed by atoms with van der Waals surface area (Å²) in [5.74, 6) is 0.973. The Morgan fingerprint density at radius 3 is 2.74 bits per heavy atom. The fourth-order valence-electron chi connectivity index (χ4n) is 3.02. The smallest absolute Gasteiger partial charge is 0.347 e. The molecule has 23 heavy (non-hydrogen) atoms. The molecule has 0 aromatic carbocycles. The number of hydrogen-bond donors (Lipinski definition) is 0. The average Bonchev–Trinajstić information content (AvgIpc) is 2.62. The molecule has 1 aliphatic heterocycles. The van der Waals surface area contributed by atoms with E-state index in [0.29, 0.717) is 12.6 Å². The molecular formula is C16H22N6O. The molecule has 2 aromatic rings. The summed E-state index contributed by atoms with van der Waals surface area (Å²) in [4.78, 5) is 28.3. The summed E-state index contributed by atoms with van der Waals surface area (Å²) >= 11 is 0. The Morgan fingerprint density at radius 1 is 1.22 bits per heavy atom. The number of anilines is 1. The van der Waals surface area contributed by atoms with Crippen molar-refractivity contribution in [3.05, 3.63) is 47.5 Å². The van der Waals surface area contributed by atoms with Crippen molar-refractivity contribution in [3.63, 3.8) is 0 Å². The van der Waals surface area contributed by atoms with Gasteiger partial charge in [0.05, 0.1) is 0 Å². The Kier molecular flexibility index (Phi) is 4.97. The van der Waals surface area contributed by atoms with Gasteiger partial charge in [-0.2, -0.15) is 0 Å². The normalized spacial score (nSPS) is 16.4. The zero-order valence-corrected chi connectivity index (χ0v) is 13.4. The van der Waals surface area contributed by atoms with Crippen LogP contribution in [-0.4, -0.2) is 57.1 Å². The molecule has 0 radical (unpaired) electrons. The second-order valence-electron chi connectivity index (χ2n) is 5.85. The number of rotatable bonds is 5. The van der Waals surface area contributed by atoms with E-state index in [9.17, 15) is 4.79 Å². The summed E-state index contributed by atoms with van der Waals surface area (Å²) in [5, 5.41) is 0. The van der Waals surface area contributed by atoms with Gasteiger partial charge in [0.2, 0.25) is 0 Å².